The van der Waals surface area contributed by atoms with E-state index in [1.165, 1.54) is 52.5 Å². The molecule has 0 aliphatic heterocycles. The summed E-state index contributed by atoms with van der Waals surface area (Å²) in [6, 6.07) is 5.81. The van der Waals surface area contributed by atoms with Gasteiger partial charge in [0.2, 0.25) is 10.0 Å². The average Bonchev–Trinajstić information content (AvgIpc) is 2.44. The Morgan fingerprint density at radius 3 is 2.10 bits per heavy atom. The zero-order valence-electron chi connectivity index (χ0n) is 12.0. The highest BCUT2D eigenvalue weighted by molar-refractivity contribution is 7.89. The number of hydrogen-bond acceptors (Lipinski definition) is 5. The molecule has 0 amide bonds. The maximum absolute atomic E-state index is 12.3. The van der Waals surface area contributed by atoms with Crippen molar-refractivity contribution in [3.8, 4) is 0 Å². The molecule has 6 nitrogen and oxygen atoms in total. The van der Waals surface area contributed by atoms with Crippen LogP contribution in [0.2, 0.25) is 0 Å². The lowest BCUT2D eigenvalue weighted by Gasteiger charge is -2.21. The van der Waals surface area contributed by atoms with Gasteiger partial charge >= 0.3 is 0 Å². The highest BCUT2D eigenvalue weighted by Crippen LogP contribution is 2.16. The van der Waals surface area contributed by atoms with Crippen molar-refractivity contribution in [3.05, 3.63) is 29.8 Å². The first-order valence-electron chi connectivity index (χ1n) is 5.96. The van der Waals surface area contributed by atoms with Gasteiger partial charge in [0.15, 0.2) is 12.1 Å². The summed E-state index contributed by atoms with van der Waals surface area (Å²) in [5.41, 5.74) is 0.471. The molecule has 0 bridgehead atoms. The van der Waals surface area contributed by atoms with Crippen molar-refractivity contribution < 1.29 is 22.7 Å². The SMILES string of the molecule is COC(CN(C)S(=O)(=O)c1ccc(C(C)=O)cc1)OC. The third-order valence-corrected chi connectivity index (χ3v) is 4.74. The number of likely N-dealkylation sites (N-methyl/N-ethyl adjacent to an activating group) is 1. The molecule has 1 rings (SSSR count). The summed E-state index contributed by atoms with van der Waals surface area (Å²) < 4.78 is 35.7. The predicted octanol–water partition coefficient (Wildman–Crippen LogP) is 1.13. The van der Waals surface area contributed by atoms with E-state index < -0.39 is 16.3 Å². The van der Waals surface area contributed by atoms with Gasteiger partial charge in [-0.15, -0.1) is 0 Å². The number of sulfonamides is 1. The molecular weight excluding hydrogens is 282 g/mol. The van der Waals surface area contributed by atoms with Gasteiger partial charge in [0, 0.05) is 26.8 Å². The van der Waals surface area contributed by atoms with Crippen molar-refractivity contribution in [2.24, 2.45) is 0 Å². The number of nitrogens with zero attached hydrogens (tertiary/aromatic N) is 1. The van der Waals surface area contributed by atoms with Gasteiger partial charge < -0.3 is 9.47 Å². The summed E-state index contributed by atoms with van der Waals surface area (Å²) in [7, 11) is 0.691. The molecule has 20 heavy (non-hydrogen) atoms. The van der Waals surface area contributed by atoms with Crippen molar-refractivity contribution in [1.82, 2.24) is 4.31 Å². The normalized spacial score (nSPS) is 12.1. The van der Waals surface area contributed by atoms with E-state index in [-0.39, 0.29) is 17.2 Å². The van der Waals surface area contributed by atoms with Gasteiger partial charge in [-0.25, -0.2) is 8.42 Å². The highest BCUT2D eigenvalue weighted by Gasteiger charge is 2.23. The van der Waals surface area contributed by atoms with Gasteiger partial charge in [0.05, 0.1) is 11.4 Å². The maximum Gasteiger partial charge on any atom is 0.242 e. The number of benzene rings is 1. The number of methoxy groups -OCH3 is 2. The lowest BCUT2D eigenvalue weighted by molar-refractivity contribution is -0.106. The zero-order valence-corrected chi connectivity index (χ0v) is 12.8. The van der Waals surface area contributed by atoms with Crippen molar-refractivity contribution in [1.29, 1.82) is 0 Å². The highest BCUT2D eigenvalue weighted by atomic mass is 32.2. The van der Waals surface area contributed by atoms with E-state index in [9.17, 15) is 13.2 Å². The molecule has 0 aromatic heterocycles. The minimum atomic E-state index is -3.63. The molecular formula is C13H19NO5S. The van der Waals surface area contributed by atoms with E-state index in [1.807, 2.05) is 0 Å². The molecule has 0 radical (unpaired) electrons. The van der Waals surface area contributed by atoms with Crippen LogP contribution in [0.15, 0.2) is 29.2 Å². The van der Waals surface area contributed by atoms with Gasteiger partial charge in [-0.3, -0.25) is 4.79 Å². The molecule has 1 aromatic carbocycles. The van der Waals surface area contributed by atoms with Crippen LogP contribution < -0.4 is 0 Å². The molecule has 0 saturated carbocycles. The Morgan fingerprint density at radius 2 is 1.70 bits per heavy atom. The van der Waals surface area contributed by atoms with Gasteiger partial charge in [-0.2, -0.15) is 4.31 Å². The Balaban J connectivity index is 2.95. The number of carbonyl (C=O) groups excluding carboxylic acids is 1. The lowest BCUT2D eigenvalue weighted by atomic mass is 10.2. The second-order valence-electron chi connectivity index (χ2n) is 4.27. The minimum absolute atomic E-state index is 0.0732. The number of ketones is 1. The summed E-state index contributed by atoms with van der Waals surface area (Å²) in [4.78, 5) is 11.3. The molecule has 7 heteroatoms. The van der Waals surface area contributed by atoms with Crippen LogP contribution in [0, 0.1) is 0 Å². The first-order valence-corrected chi connectivity index (χ1v) is 7.40. The largest absolute Gasteiger partial charge is 0.355 e. The van der Waals surface area contributed by atoms with Crippen molar-refractivity contribution in [2.75, 3.05) is 27.8 Å². The Kier molecular flexibility index (Phi) is 5.82. The van der Waals surface area contributed by atoms with E-state index >= 15 is 0 Å². The molecule has 1 aromatic rings. The van der Waals surface area contributed by atoms with E-state index in [1.54, 1.807) is 0 Å². The van der Waals surface area contributed by atoms with Crippen molar-refractivity contribution in [3.63, 3.8) is 0 Å². The smallest absolute Gasteiger partial charge is 0.242 e. The topological polar surface area (TPSA) is 72.9 Å². The molecule has 0 unspecified atom stereocenters. The van der Waals surface area contributed by atoms with Gasteiger partial charge in [-0.1, -0.05) is 12.1 Å². The number of hydrogen-bond donors (Lipinski definition) is 0. The molecule has 0 saturated heterocycles. The minimum Gasteiger partial charge on any atom is -0.355 e. The van der Waals surface area contributed by atoms with Crippen LogP contribution in [-0.4, -0.2) is 52.6 Å². The van der Waals surface area contributed by atoms with Crippen LogP contribution in [0.5, 0.6) is 0 Å². The van der Waals surface area contributed by atoms with Crippen LogP contribution in [0.3, 0.4) is 0 Å². The summed E-state index contributed by atoms with van der Waals surface area (Å²) in [5.74, 6) is -0.110. The van der Waals surface area contributed by atoms with Crippen LogP contribution in [0.1, 0.15) is 17.3 Å². The van der Waals surface area contributed by atoms with Crippen LogP contribution in [0.25, 0.3) is 0 Å². The van der Waals surface area contributed by atoms with E-state index in [0.717, 1.165) is 4.31 Å². The maximum atomic E-state index is 12.3. The zero-order chi connectivity index (χ0) is 15.3. The quantitative estimate of drug-likeness (QED) is 0.557. The fourth-order valence-electron chi connectivity index (χ4n) is 1.59. The van der Waals surface area contributed by atoms with E-state index in [4.69, 9.17) is 9.47 Å². The Labute approximate surface area is 119 Å². The fraction of sp³-hybridized carbons (Fsp3) is 0.462. The predicted molar refractivity (Wildman–Crippen MR) is 74.1 cm³/mol. The number of carbonyl (C=O) groups is 1. The molecule has 0 heterocycles. The second-order valence-corrected chi connectivity index (χ2v) is 6.31. The molecule has 0 N–H and O–H groups in total. The molecule has 0 aliphatic rings. The first kappa shape index (κ1) is 16.8. The number of rotatable bonds is 7. The van der Waals surface area contributed by atoms with Crippen LogP contribution in [-0.2, 0) is 19.5 Å². The Bertz CT molecular complexity index is 549. The molecule has 0 fully saturated rings. The van der Waals surface area contributed by atoms with Gasteiger partial charge in [0.1, 0.15) is 0 Å². The van der Waals surface area contributed by atoms with Gasteiger partial charge in [0.25, 0.3) is 0 Å². The van der Waals surface area contributed by atoms with Gasteiger partial charge in [-0.05, 0) is 19.1 Å². The molecule has 112 valence electrons. The van der Waals surface area contributed by atoms with E-state index in [2.05, 4.69) is 0 Å². The Morgan fingerprint density at radius 1 is 1.20 bits per heavy atom. The number of ether oxygens (including phenoxy) is 2. The average molecular weight is 301 g/mol. The molecule has 0 spiro atoms. The second kappa shape index (κ2) is 6.94. The molecule has 0 aliphatic carbocycles. The first-order chi connectivity index (χ1) is 9.32. The number of Topliss-reactive ketones (excluding diaryl/α,β-unsaturated/α-hetero) is 1. The lowest BCUT2D eigenvalue weighted by Crippen LogP contribution is -2.36. The summed E-state index contributed by atoms with van der Waals surface area (Å²) in [6.07, 6.45) is -0.633. The van der Waals surface area contributed by atoms with Crippen molar-refractivity contribution >= 4 is 15.8 Å². The summed E-state index contributed by atoms with van der Waals surface area (Å²) in [5, 5.41) is 0. The van der Waals surface area contributed by atoms with Crippen LogP contribution >= 0.6 is 0 Å². The summed E-state index contributed by atoms with van der Waals surface area (Å²) >= 11 is 0. The monoisotopic (exact) mass is 301 g/mol. The third kappa shape index (κ3) is 3.86. The summed E-state index contributed by atoms with van der Waals surface area (Å²) in [6.45, 7) is 1.50. The Hall–Kier alpha value is -1.28. The fourth-order valence-corrected chi connectivity index (χ4v) is 2.75. The standard InChI is InChI=1S/C13H19NO5S/c1-10(15)11-5-7-12(8-6-11)20(16,17)14(2)9-13(18-3)19-4/h5-8,13H,9H2,1-4H3. The molecule has 0 atom stereocenters. The van der Waals surface area contributed by atoms with Crippen LogP contribution in [0.4, 0.5) is 0 Å². The van der Waals surface area contributed by atoms with E-state index in [0.29, 0.717) is 5.56 Å². The third-order valence-electron chi connectivity index (χ3n) is 2.90. The van der Waals surface area contributed by atoms with Crippen molar-refractivity contribution in [2.45, 2.75) is 18.1 Å².